The Kier molecular flexibility index (Phi) is 3.74. The van der Waals surface area contributed by atoms with E-state index < -0.39 is 0 Å². The van der Waals surface area contributed by atoms with Gasteiger partial charge in [-0.15, -0.1) is 0 Å². The van der Waals surface area contributed by atoms with Crippen molar-refractivity contribution in [3.63, 3.8) is 0 Å². The topological polar surface area (TPSA) is 102 Å². The minimum absolute atomic E-state index is 0.0141. The zero-order chi connectivity index (χ0) is 14.8. The molecule has 1 fully saturated rings. The number of aromatic nitrogens is 4. The van der Waals surface area contributed by atoms with E-state index in [-0.39, 0.29) is 12.1 Å². The van der Waals surface area contributed by atoms with Crippen molar-refractivity contribution in [1.29, 1.82) is 0 Å². The van der Waals surface area contributed by atoms with Crippen molar-refractivity contribution in [2.24, 2.45) is 7.05 Å². The highest BCUT2D eigenvalue weighted by atomic mass is 16.3. The van der Waals surface area contributed by atoms with E-state index >= 15 is 0 Å². The molecular weight excluding hydrogens is 268 g/mol. The molecule has 0 saturated heterocycles. The molecule has 0 radical (unpaired) electrons. The Morgan fingerprint density at radius 1 is 1.38 bits per heavy atom. The fourth-order valence-electron chi connectivity index (χ4n) is 2.67. The van der Waals surface area contributed by atoms with E-state index in [1.165, 1.54) is 0 Å². The summed E-state index contributed by atoms with van der Waals surface area (Å²) in [6.07, 6.45) is 6.99. The molecule has 7 heteroatoms. The standard InChI is InChI=1S/C14H20N6O/c1-20-13(15)9(8-17-20)10-6-7-16-14(18-10)19-11-4-2-3-5-12(11)21/h6-8,11-12,21H,2-5,15H2,1H3,(H,16,18,19). The molecule has 21 heavy (non-hydrogen) atoms. The number of hydrogen-bond acceptors (Lipinski definition) is 6. The van der Waals surface area contributed by atoms with Gasteiger partial charge < -0.3 is 16.2 Å². The fourth-order valence-corrected chi connectivity index (χ4v) is 2.67. The first-order chi connectivity index (χ1) is 10.1. The average Bonchev–Trinajstić information content (AvgIpc) is 2.82. The predicted octanol–water partition coefficient (Wildman–Crippen LogP) is 1.17. The lowest BCUT2D eigenvalue weighted by Crippen LogP contribution is -2.36. The lowest BCUT2D eigenvalue weighted by Gasteiger charge is -2.28. The smallest absolute Gasteiger partial charge is 0.223 e. The molecule has 0 aromatic carbocycles. The molecule has 2 unspecified atom stereocenters. The second kappa shape index (κ2) is 5.69. The average molecular weight is 288 g/mol. The van der Waals surface area contributed by atoms with E-state index in [4.69, 9.17) is 5.73 Å². The maximum absolute atomic E-state index is 10.0. The van der Waals surface area contributed by atoms with E-state index in [1.807, 2.05) is 0 Å². The second-order valence-electron chi connectivity index (χ2n) is 5.44. The van der Waals surface area contributed by atoms with Crippen LogP contribution in [0.1, 0.15) is 25.7 Å². The summed E-state index contributed by atoms with van der Waals surface area (Å²) < 4.78 is 1.61. The first kappa shape index (κ1) is 13.8. The van der Waals surface area contributed by atoms with E-state index in [0.717, 1.165) is 36.9 Å². The predicted molar refractivity (Wildman–Crippen MR) is 80.5 cm³/mol. The summed E-state index contributed by atoms with van der Waals surface area (Å²) in [6, 6.07) is 1.82. The molecule has 3 rings (SSSR count). The molecule has 0 bridgehead atoms. The van der Waals surface area contributed by atoms with E-state index in [1.54, 1.807) is 30.2 Å². The number of anilines is 2. The van der Waals surface area contributed by atoms with Crippen LogP contribution in [0.5, 0.6) is 0 Å². The Morgan fingerprint density at radius 3 is 2.90 bits per heavy atom. The molecule has 1 aliphatic rings. The highest BCUT2D eigenvalue weighted by Crippen LogP contribution is 2.25. The van der Waals surface area contributed by atoms with Gasteiger partial charge in [-0.05, 0) is 18.9 Å². The van der Waals surface area contributed by atoms with Crippen molar-refractivity contribution < 1.29 is 5.11 Å². The van der Waals surface area contributed by atoms with Crippen LogP contribution in [0.15, 0.2) is 18.5 Å². The second-order valence-corrected chi connectivity index (χ2v) is 5.44. The molecule has 2 atom stereocenters. The van der Waals surface area contributed by atoms with E-state index in [0.29, 0.717) is 11.8 Å². The Morgan fingerprint density at radius 2 is 2.19 bits per heavy atom. The molecule has 112 valence electrons. The van der Waals surface area contributed by atoms with E-state index in [9.17, 15) is 5.11 Å². The van der Waals surface area contributed by atoms with Crippen LogP contribution in [0.4, 0.5) is 11.8 Å². The minimum Gasteiger partial charge on any atom is -0.391 e. The summed E-state index contributed by atoms with van der Waals surface area (Å²) in [7, 11) is 1.79. The van der Waals surface area contributed by atoms with Crippen LogP contribution in [-0.2, 0) is 7.05 Å². The van der Waals surface area contributed by atoms with Crippen LogP contribution in [0.25, 0.3) is 11.3 Å². The quantitative estimate of drug-likeness (QED) is 0.783. The molecule has 1 aliphatic carbocycles. The Labute approximate surface area is 123 Å². The number of aliphatic hydroxyl groups is 1. The number of nitrogens with one attached hydrogen (secondary N) is 1. The highest BCUT2D eigenvalue weighted by molar-refractivity contribution is 5.70. The number of aryl methyl sites for hydroxylation is 1. The normalized spacial score (nSPS) is 22.2. The third kappa shape index (κ3) is 2.82. The van der Waals surface area contributed by atoms with Gasteiger partial charge in [-0.1, -0.05) is 12.8 Å². The molecule has 0 amide bonds. The van der Waals surface area contributed by atoms with Gasteiger partial charge in [-0.2, -0.15) is 5.10 Å². The molecule has 2 heterocycles. The maximum Gasteiger partial charge on any atom is 0.223 e. The van der Waals surface area contributed by atoms with Crippen LogP contribution >= 0.6 is 0 Å². The van der Waals surface area contributed by atoms with Crippen molar-refractivity contribution in [3.05, 3.63) is 18.5 Å². The van der Waals surface area contributed by atoms with Gasteiger partial charge in [-0.25, -0.2) is 9.97 Å². The number of nitrogen functional groups attached to an aromatic ring is 1. The van der Waals surface area contributed by atoms with Crippen LogP contribution in [0.3, 0.4) is 0 Å². The van der Waals surface area contributed by atoms with Crippen LogP contribution in [0.2, 0.25) is 0 Å². The Bertz CT molecular complexity index is 626. The lowest BCUT2D eigenvalue weighted by molar-refractivity contribution is 0.116. The molecule has 2 aromatic rings. The van der Waals surface area contributed by atoms with Gasteiger partial charge in [0.2, 0.25) is 5.95 Å². The number of rotatable bonds is 3. The number of nitrogens with zero attached hydrogens (tertiary/aromatic N) is 4. The van der Waals surface area contributed by atoms with Gasteiger partial charge in [-0.3, -0.25) is 4.68 Å². The van der Waals surface area contributed by atoms with Crippen LogP contribution < -0.4 is 11.1 Å². The summed E-state index contributed by atoms with van der Waals surface area (Å²) in [5.41, 5.74) is 7.48. The molecule has 0 spiro atoms. The minimum atomic E-state index is -0.338. The Hall–Kier alpha value is -2.15. The fraction of sp³-hybridized carbons (Fsp3) is 0.500. The molecule has 4 N–H and O–H groups in total. The van der Waals surface area contributed by atoms with Gasteiger partial charge in [0.15, 0.2) is 0 Å². The van der Waals surface area contributed by atoms with Crippen molar-refractivity contribution in [2.75, 3.05) is 11.1 Å². The maximum atomic E-state index is 10.0. The summed E-state index contributed by atoms with van der Waals surface area (Å²) in [6.45, 7) is 0. The number of hydrogen-bond donors (Lipinski definition) is 3. The number of nitrogens with two attached hydrogens (primary N) is 1. The van der Waals surface area contributed by atoms with Gasteiger partial charge in [0, 0.05) is 13.2 Å². The van der Waals surface area contributed by atoms with Crippen molar-refractivity contribution in [1.82, 2.24) is 19.7 Å². The summed E-state index contributed by atoms with van der Waals surface area (Å²) in [5, 5.41) is 17.4. The molecule has 1 saturated carbocycles. The van der Waals surface area contributed by atoms with Crippen molar-refractivity contribution in [3.8, 4) is 11.3 Å². The summed E-state index contributed by atoms with van der Waals surface area (Å²) in [4.78, 5) is 8.71. The molecule has 0 aliphatic heterocycles. The molecular formula is C14H20N6O. The lowest BCUT2D eigenvalue weighted by atomic mass is 9.93. The zero-order valence-electron chi connectivity index (χ0n) is 12.0. The number of aliphatic hydroxyl groups excluding tert-OH is 1. The monoisotopic (exact) mass is 288 g/mol. The molecule has 2 aromatic heterocycles. The van der Waals surface area contributed by atoms with Gasteiger partial charge in [0.1, 0.15) is 5.82 Å². The third-order valence-corrected chi connectivity index (χ3v) is 3.96. The first-order valence-corrected chi connectivity index (χ1v) is 7.20. The van der Waals surface area contributed by atoms with Gasteiger partial charge in [0.05, 0.1) is 29.6 Å². The Balaban J connectivity index is 1.81. The third-order valence-electron chi connectivity index (χ3n) is 3.96. The summed E-state index contributed by atoms with van der Waals surface area (Å²) in [5.74, 6) is 1.08. The SMILES string of the molecule is Cn1ncc(-c2ccnc(NC3CCCCC3O)n2)c1N. The van der Waals surface area contributed by atoms with Crippen LogP contribution in [-0.4, -0.2) is 37.0 Å². The summed E-state index contributed by atoms with van der Waals surface area (Å²) >= 11 is 0. The zero-order valence-corrected chi connectivity index (χ0v) is 12.0. The molecule has 7 nitrogen and oxygen atoms in total. The van der Waals surface area contributed by atoms with Crippen molar-refractivity contribution >= 4 is 11.8 Å². The van der Waals surface area contributed by atoms with Crippen LogP contribution in [0, 0.1) is 0 Å². The van der Waals surface area contributed by atoms with E-state index in [2.05, 4.69) is 20.4 Å². The van der Waals surface area contributed by atoms with Gasteiger partial charge >= 0.3 is 0 Å². The van der Waals surface area contributed by atoms with Gasteiger partial charge in [0.25, 0.3) is 0 Å². The highest BCUT2D eigenvalue weighted by Gasteiger charge is 2.23. The van der Waals surface area contributed by atoms with Crippen molar-refractivity contribution in [2.45, 2.75) is 37.8 Å². The first-order valence-electron chi connectivity index (χ1n) is 7.20. The largest absolute Gasteiger partial charge is 0.391 e.